The summed E-state index contributed by atoms with van der Waals surface area (Å²) in [5.74, 6) is 2.01. The van der Waals surface area contributed by atoms with Gasteiger partial charge in [-0.1, -0.05) is 6.92 Å². The van der Waals surface area contributed by atoms with Crippen LogP contribution in [0.5, 0.6) is 0 Å². The molecule has 2 nitrogen and oxygen atoms in total. The van der Waals surface area contributed by atoms with E-state index < -0.39 is 0 Å². The van der Waals surface area contributed by atoms with Crippen molar-refractivity contribution in [1.29, 1.82) is 0 Å². The van der Waals surface area contributed by atoms with Gasteiger partial charge < -0.3 is 10.2 Å². The second-order valence-corrected chi connectivity index (χ2v) is 4.55. The Labute approximate surface area is 82.7 Å². The Morgan fingerprint density at radius 1 is 1.38 bits per heavy atom. The van der Waals surface area contributed by atoms with Crippen LogP contribution >= 0.6 is 0 Å². The van der Waals surface area contributed by atoms with Gasteiger partial charge in [-0.15, -0.1) is 0 Å². The monoisotopic (exact) mass is 184 g/mol. The fraction of sp³-hybridized carbons (Fsp3) is 1.00. The maximum atomic E-state index is 3.18. The van der Waals surface area contributed by atoms with Crippen molar-refractivity contribution in [1.82, 2.24) is 10.2 Å². The summed E-state index contributed by atoms with van der Waals surface area (Å²) >= 11 is 0. The van der Waals surface area contributed by atoms with Gasteiger partial charge in [0.1, 0.15) is 0 Å². The van der Waals surface area contributed by atoms with Gasteiger partial charge in [-0.05, 0) is 58.3 Å². The number of nitrogens with one attached hydrogen (secondary N) is 1. The van der Waals surface area contributed by atoms with Crippen molar-refractivity contribution in [2.24, 2.45) is 11.8 Å². The number of unbranched alkanes of at least 4 members (excludes halogenated alkanes) is 1. The Morgan fingerprint density at radius 3 is 2.62 bits per heavy atom. The van der Waals surface area contributed by atoms with E-state index in [0.717, 1.165) is 18.4 Å². The van der Waals surface area contributed by atoms with Gasteiger partial charge >= 0.3 is 0 Å². The highest BCUT2D eigenvalue weighted by Gasteiger charge is 2.32. The molecule has 1 saturated carbocycles. The lowest BCUT2D eigenvalue weighted by atomic mass is 10.2. The molecular weight excluding hydrogens is 160 g/mol. The van der Waals surface area contributed by atoms with Crippen molar-refractivity contribution >= 4 is 0 Å². The van der Waals surface area contributed by atoms with Gasteiger partial charge in [0, 0.05) is 6.54 Å². The van der Waals surface area contributed by atoms with E-state index in [2.05, 4.69) is 24.2 Å². The van der Waals surface area contributed by atoms with Crippen LogP contribution in [0.4, 0.5) is 0 Å². The van der Waals surface area contributed by atoms with Gasteiger partial charge in [0.2, 0.25) is 0 Å². The van der Waals surface area contributed by atoms with Crippen molar-refractivity contribution in [3.05, 3.63) is 0 Å². The quantitative estimate of drug-likeness (QED) is 0.604. The molecule has 0 aliphatic heterocycles. The molecule has 1 N–H and O–H groups in total. The molecule has 0 amide bonds. The SMILES string of the molecule is CNCCCCN(C)CC1CC1C. The topological polar surface area (TPSA) is 15.3 Å². The minimum absolute atomic E-state index is 1.000. The number of hydrogen-bond acceptors (Lipinski definition) is 2. The second kappa shape index (κ2) is 5.61. The average Bonchev–Trinajstić information content (AvgIpc) is 2.76. The molecule has 2 atom stereocenters. The maximum absolute atomic E-state index is 3.18. The summed E-state index contributed by atoms with van der Waals surface area (Å²) in [6.45, 7) is 6.11. The second-order valence-electron chi connectivity index (χ2n) is 4.55. The van der Waals surface area contributed by atoms with Gasteiger partial charge in [-0.25, -0.2) is 0 Å². The maximum Gasteiger partial charge on any atom is 0.000926 e. The summed E-state index contributed by atoms with van der Waals surface area (Å²) in [4.78, 5) is 2.49. The first kappa shape index (κ1) is 11.0. The molecule has 0 aromatic carbocycles. The Morgan fingerprint density at radius 2 is 2.08 bits per heavy atom. The van der Waals surface area contributed by atoms with Crippen LogP contribution in [0.2, 0.25) is 0 Å². The largest absolute Gasteiger partial charge is 0.320 e. The van der Waals surface area contributed by atoms with Gasteiger partial charge in [-0.2, -0.15) is 0 Å². The van der Waals surface area contributed by atoms with E-state index >= 15 is 0 Å². The van der Waals surface area contributed by atoms with Gasteiger partial charge in [0.25, 0.3) is 0 Å². The molecule has 2 heteroatoms. The van der Waals surface area contributed by atoms with E-state index in [1.54, 1.807) is 0 Å². The molecule has 1 aliphatic rings. The zero-order valence-corrected chi connectivity index (χ0v) is 9.34. The van der Waals surface area contributed by atoms with Crippen LogP contribution in [0, 0.1) is 11.8 Å². The standard InChI is InChI=1S/C11H24N2/c1-10-8-11(10)9-13(3)7-5-4-6-12-2/h10-12H,4-9H2,1-3H3. The highest BCUT2D eigenvalue weighted by molar-refractivity contribution is 4.84. The molecule has 0 bridgehead atoms. The molecule has 0 heterocycles. The molecule has 78 valence electrons. The van der Waals surface area contributed by atoms with Crippen LogP contribution in [0.3, 0.4) is 0 Å². The first-order valence-corrected chi connectivity index (χ1v) is 5.57. The minimum atomic E-state index is 1.000. The van der Waals surface area contributed by atoms with Gasteiger partial charge in [0.05, 0.1) is 0 Å². The van der Waals surface area contributed by atoms with Crippen molar-refractivity contribution in [3.63, 3.8) is 0 Å². The third kappa shape index (κ3) is 4.63. The van der Waals surface area contributed by atoms with E-state index in [1.165, 1.54) is 32.4 Å². The lowest BCUT2D eigenvalue weighted by molar-refractivity contribution is 0.307. The first-order valence-electron chi connectivity index (χ1n) is 5.57. The predicted octanol–water partition coefficient (Wildman–Crippen LogP) is 1.57. The van der Waals surface area contributed by atoms with Crippen LogP contribution in [-0.4, -0.2) is 38.6 Å². The van der Waals surface area contributed by atoms with E-state index in [-0.39, 0.29) is 0 Å². The first-order chi connectivity index (χ1) is 6.24. The molecule has 0 saturated heterocycles. The summed E-state index contributed by atoms with van der Waals surface area (Å²) in [7, 11) is 4.28. The van der Waals surface area contributed by atoms with E-state index in [4.69, 9.17) is 0 Å². The van der Waals surface area contributed by atoms with Crippen molar-refractivity contribution in [2.75, 3.05) is 33.7 Å². The van der Waals surface area contributed by atoms with Crippen LogP contribution in [-0.2, 0) is 0 Å². The summed E-state index contributed by atoms with van der Waals surface area (Å²) in [6, 6.07) is 0. The highest BCUT2D eigenvalue weighted by Crippen LogP contribution is 2.37. The zero-order chi connectivity index (χ0) is 9.68. The molecule has 2 unspecified atom stereocenters. The lowest BCUT2D eigenvalue weighted by Gasteiger charge is -2.15. The number of nitrogens with zero attached hydrogens (tertiary/aromatic N) is 1. The highest BCUT2D eigenvalue weighted by atomic mass is 15.1. The molecule has 1 fully saturated rings. The molecule has 1 rings (SSSR count). The van der Waals surface area contributed by atoms with Crippen molar-refractivity contribution in [2.45, 2.75) is 26.2 Å². The Kier molecular flexibility index (Phi) is 4.74. The normalized spacial score (nSPS) is 26.8. The summed E-state index contributed by atoms with van der Waals surface area (Å²) in [5.41, 5.74) is 0. The Hall–Kier alpha value is -0.0800. The fourth-order valence-electron chi connectivity index (χ4n) is 1.83. The lowest BCUT2D eigenvalue weighted by Crippen LogP contribution is -2.23. The summed E-state index contributed by atoms with van der Waals surface area (Å²) in [6.07, 6.45) is 4.10. The third-order valence-electron chi connectivity index (χ3n) is 3.04. The number of hydrogen-bond donors (Lipinski definition) is 1. The molecule has 0 aromatic rings. The molecule has 0 radical (unpaired) electrons. The summed E-state index contributed by atoms with van der Waals surface area (Å²) < 4.78 is 0. The Bertz CT molecular complexity index is 136. The molecular formula is C11H24N2. The van der Waals surface area contributed by atoms with Crippen molar-refractivity contribution in [3.8, 4) is 0 Å². The minimum Gasteiger partial charge on any atom is -0.320 e. The van der Waals surface area contributed by atoms with E-state index in [1.807, 2.05) is 7.05 Å². The van der Waals surface area contributed by atoms with Crippen LogP contribution in [0.25, 0.3) is 0 Å². The molecule has 1 aliphatic carbocycles. The average molecular weight is 184 g/mol. The molecule has 0 aromatic heterocycles. The van der Waals surface area contributed by atoms with Gasteiger partial charge in [0.15, 0.2) is 0 Å². The zero-order valence-electron chi connectivity index (χ0n) is 9.34. The fourth-order valence-corrected chi connectivity index (χ4v) is 1.83. The van der Waals surface area contributed by atoms with Crippen LogP contribution < -0.4 is 5.32 Å². The van der Waals surface area contributed by atoms with E-state index in [0.29, 0.717) is 0 Å². The van der Waals surface area contributed by atoms with Crippen LogP contribution in [0.15, 0.2) is 0 Å². The smallest absolute Gasteiger partial charge is 0.000926 e. The predicted molar refractivity (Wildman–Crippen MR) is 57.9 cm³/mol. The van der Waals surface area contributed by atoms with Gasteiger partial charge in [-0.3, -0.25) is 0 Å². The molecule has 13 heavy (non-hydrogen) atoms. The van der Waals surface area contributed by atoms with Crippen molar-refractivity contribution < 1.29 is 0 Å². The van der Waals surface area contributed by atoms with Crippen LogP contribution in [0.1, 0.15) is 26.2 Å². The third-order valence-corrected chi connectivity index (χ3v) is 3.04. The number of rotatable bonds is 7. The Balaban J connectivity index is 1.89. The van der Waals surface area contributed by atoms with E-state index in [9.17, 15) is 0 Å². The molecule has 0 spiro atoms. The summed E-state index contributed by atoms with van der Waals surface area (Å²) in [5, 5.41) is 3.18.